The minimum Gasteiger partial charge on any atom is -0.397 e. The number of hydrogen-bond donors (Lipinski definition) is 0. The summed E-state index contributed by atoms with van der Waals surface area (Å²) >= 11 is 22.2. The molecule has 61 heavy (non-hydrogen) atoms. The fourth-order valence-electron chi connectivity index (χ4n) is 4.97. The first-order valence-corrected chi connectivity index (χ1v) is 42.6. The van der Waals surface area contributed by atoms with Crippen LogP contribution in [-0.4, -0.2) is 37.4 Å². The number of aromatic nitrogens is 4. The Kier molecular flexibility index (Phi) is 27.1. The molecule has 29 heteroatoms. The van der Waals surface area contributed by atoms with Crippen molar-refractivity contribution in [3.05, 3.63) is 114 Å². The number of halogens is 1. The van der Waals surface area contributed by atoms with E-state index in [1.165, 1.54) is 35.5 Å². The van der Waals surface area contributed by atoms with Crippen LogP contribution in [0.4, 0.5) is 0 Å². The van der Waals surface area contributed by atoms with Gasteiger partial charge in [0.1, 0.15) is 5.72 Å². The third-order valence-electron chi connectivity index (χ3n) is 8.02. The van der Waals surface area contributed by atoms with Crippen molar-refractivity contribution in [2.75, 3.05) is 0 Å². The van der Waals surface area contributed by atoms with E-state index in [1.54, 1.807) is 115 Å². The van der Waals surface area contributed by atoms with Crippen molar-refractivity contribution in [1.29, 1.82) is 0 Å². The Morgan fingerprint density at radius 3 is 1.20 bits per heavy atom. The Bertz CT molecular complexity index is 3150. The molecule has 0 radical (unpaired) electrons. The molecule has 4 aromatic carbocycles. The van der Waals surface area contributed by atoms with E-state index in [9.17, 15) is 0 Å². The normalized spacial score (nSPS) is 12.7. The second kappa shape index (κ2) is 30.3. The van der Waals surface area contributed by atoms with Crippen molar-refractivity contribution in [2.45, 2.75) is 38.9 Å². The van der Waals surface area contributed by atoms with Gasteiger partial charge >= 0.3 is 7.12 Å². The maximum atomic E-state index is 6.24. The number of benzene rings is 4. The first-order chi connectivity index (χ1) is 29.6. The smallest absolute Gasteiger partial charge is 0.397 e. The van der Waals surface area contributed by atoms with E-state index in [4.69, 9.17) is 14.3 Å². The average molecular weight is 1270 g/mol. The van der Waals surface area contributed by atoms with Gasteiger partial charge in [-0.2, -0.15) is 0 Å². The van der Waals surface area contributed by atoms with Gasteiger partial charge in [-0.1, -0.05) is 60.7 Å². The zero-order chi connectivity index (χ0) is 43.9. The van der Waals surface area contributed by atoms with Crippen LogP contribution in [0.25, 0.3) is 33.4 Å². The van der Waals surface area contributed by atoms with E-state index in [-0.39, 0.29) is 0 Å². The van der Waals surface area contributed by atoms with E-state index >= 15 is 0 Å². The zero-order valence-corrected chi connectivity index (χ0v) is 50.3. The summed E-state index contributed by atoms with van der Waals surface area (Å²) in [5.74, 6) is 0. The molecule has 1 aliphatic rings. The predicted octanol–water partition coefficient (Wildman–Crippen LogP) is 7.06. The molecule has 0 spiro atoms. The molecule has 0 unspecified atom stereocenters. The lowest BCUT2D eigenvalue weighted by molar-refractivity contribution is 0.00578. The van der Waals surface area contributed by atoms with Crippen molar-refractivity contribution < 1.29 is 9.31 Å². The molecule has 0 bridgehead atoms. The van der Waals surface area contributed by atoms with Crippen LogP contribution in [0.3, 0.4) is 0 Å². The molecule has 1 fully saturated rings. The standard InChI is InChI=1S/C19H21BN2O2.C13H9BrN2.S11.S10/c1-18(2)19(3,4)24-20(23-18)17-21-15-12-8-9-13-16(15)22(17)14-10-6-5-7-11-14;14-13-15-11-8-4-5-9-12(11)16(13)10-6-2-1-3-7-10;1-3-5-7-9-11-10-8-6-4-2;1-3-5-7-9-10-8-6-4-2/h5-13H,1-4H3;1-9H;;. The molecular weight excluding hydrogens is 1240 g/mol. The maximum absolute atomic E-state index is 6.24. The molecule has 2 aromatic heterocycles. The van der Waals surface area contributed by atoms with Crippen LogP contribution >= 0.6 is 15.9 Å². The number of nitrogens with zero attached hydrogens (tertiary/aromatic N) is 4. The SMILES string of the molecule is Brc1nc2ccccc2n1-c1ccccc1.CC1(C)OB(c2nc3ccccc3n2-c2ccccc2)OC1(C)C.S=S=S=S=S=S=S=S=S=S.S=S=S=S=S=S=S=S=S=S=S. The van der Waals surface area contributed by atoms with Gasteiger partial charge in [-0.05, 0) is 92.2 Å². The zero-order valence-electron chi connectivity index (χ0n) is 31.5. The molecule has 1 aliphatic heterocycles. The second-order valence-electron chi connectivity index (χ2n) is 11.9. The molecule has 6 nitrogen and oxygen atoms in total. The summed E-state index contributed by atoms with van der Waals surface area (Å²) in [4.78, 5) is 9.28. The molecule has 7 rings (SSSR count). The highest BCUT2D eigenvalue weighted by atomic mass is 79.9. The van der Waals surface area contributed by atoms with E-state index < -0.39 is 18.3 Å². The average Bonchev–Trinajstić information content (AvgIpc) is 3.90. The van der Waals surface area contributed by atoms with E-state index in [0.29, 0.717) is 0 Å². The van der Waals surface area contributed by atoms with Crippen LogP contribution in [0.15, 0.2) is 114 Å². The first kappa shape index (κ1) is 54.5. The highest BCUT2D eigenvalue weighted by molar-refractivity contribution is 9.10. The lowest BCUT2D eigenvalue weighted by atomic mass is 9.88. The van der Waals surface area contributed by atoms with Crippen molar-refractivity contribution in [3.8, 4) is 11.4 Å². The van der Waals surface area contributed by atoms with Gasteiger partial charge in [0, 0.05) is 207 Å². The van der Waals surface area contributed by atoms with Gasteiger partial charge in [-0.15, -0.1) is 0 Å². The largest absolute Gasteiger partial charge is 0.533 e. The molecule has 0 atom stereocenters. The third-order valence-corrected chi connectivity index (χ3v) is 41.9. The summed E-state index contributed by atoms with van der Waals surface area (Å²) in [7, 11) is 26.7. The van der Waals surface area contributed by atoms with Gasteiger partial charge in [0.25, 0.3) is 0 Å². The molecule has 0 aliphatic carbocycles. The van der Waals surface area contributed by atoms with Crippen LogP contribution in [0, 0.1) is 0 Å². The summed E-state index contributed by atoms with van der Waals surface area (Å²) in [5.41, 5.74) is 6.26. The minimum atomic E-state index is -0.498. The van der Waals surface area contributed by atoms with Crippen LogP contribution in [0.5, 0.6) is 0 Å². The second-order valence-corrected chi connectivity index (χ2v) is 42.7. The number of hydrogen-bond acceptors (Lipinski definition) is 8. The lowest BCUT2D eigenvalue weighted by Gasteiger charge is -2.32. The van der Waals surface area contributed by atoms with Crippen LogP contribution in [0.2, 0.25) is 0 Å². The molecule has 0 amide bonds. The summed E-state index contributed by atoms with van der Waals surface area (Å²) in [6, 6.07) is 36.6. The molecule has 6 aromatic rings. The minimum absolute atomic E-state index is 0.392. The number of para-hydroxylation sites is 6. The van der Waals surface area contributed by atoms with Crippen molar-refractivity contribution >= 4 is 247 Å². The topological polar surface area (TPSA) is 54.1 Å². The third kappa shape index (κ3) is 17.8. The number of imidazole rings is 2. The molecule has 0 N–H and O–H groups in total. The van der Waals surface area contributed by atoms with E-state index in [2.05, 4.69) is 139 Å². The van der Waals surface area contributed by atoms with Crippen molar-refractivity contribution in [2.24, 2.45) is 0 Å². The van der Waals surface area contributed by atoms with E-state index in [1.807, 2.05) is 72.8 Å². The molecular formula is C32H30BBrN4O2S21. The van der Waals surface area contributed by atoms with E-state index in [0.717, 1.165) is 43.9 Å². The van der Waals surface area contributed by atoms with Crippen LogP contribution in [-0.2, 0) is 205 Å². The van der Waals surface area contributed by atoms with Crippen LogP contribution in [0.1, 0.15) is 27.7 Å². The molecule has 0 saturated carbocycles. The quantitative estimate of drug-likeness (QED) is 0.175. The molecule has 326 valence electrons. The predicted molar refractivity (Wildman–Crippen MR) is 320 cm³/mol. The fraction of sp³-hybridized carbons (Fsp3) is 0.188. The Hall–Kier alpha value is 0.905. The van der Waals surface area contributed by atoms with Gasteiger partial charge in [0.2, 0.25) is 0 Å². The highest BCUT2D eigenvalue weighted by Crippen LogP contribution is 2.37. The van der Waals surface area contributed by atoms with Gasteiger partial charge in [-0.3, -0.25) is 9.13 Å². The van der Waals surface area contributed by atoms with Crippen molar-refractivity contribution in [3.63, 3.8) is 0 Å². The molecule has 1 saturated heterocycles. The Balaban J connectivity index is 0.000000193. The summed E-state index contributed by atoms with van der Waals surface area (Å²) in [6.45, 7) is 8.23. The van der Waals surface area contributed by atoms with Crippen molar-refractivity contribution in [1.82, 2.24) is 19.1 Å². The number of rotatable bonds is 3. The monoisotopic (exact) mass is 1260 g/mol. The number of fused-ring (bicyclic) bond motifs is 2. The van der Waals surface area contributed by atoms with Gasteiger partial charge in [0.05, 0.1) is 33.3 Å². The summed E-state index contributed by atoms with van der Waals surface area (Å²) in [5, 5.41) is 0. The van der Waals surface area contributed by atoms with Gasteiger partial charge < -0.3 is 9.31 Å². The Morgan fingerprint density at radius 2 is 0.787 bits per heavy atom. The fourth-order valence-corrected chi connectivity index (χ4v) is 41.2. The summed E-state index contributed by atoms with van der Waals surface area (Å²) in [6.07, 6.45) is 0. The van der Waals surface area contributed by atoms with Crippen LogP contribution < -0.4 is 5.72 Å². The summed E-state index contributed by atoms with van der Waals surface area (Å²) < 4.78 is 17.5. The lowest BCUT2D eigenvalue weighted by Crippen LogP contribution is -2.41. The highest BCUT2D eigenvalue weighted by Gasteiger charge is 2.53. The molecule has 3 heterocycles. The first-order valence-electron chi connectivity index (χ1n) is 16.5. The maximum Gasteiger partial charge on any atom is 0.533 e. The Labute approximate surface area is 432 Å². The van der Waals surface area contributed by atoms with Gasteiger partial charge in [-0.25, -0.2) is 9.97 Å². The van der Waals surface area contributed by atoms with Gasteiger partial charge in [0.15, 0.2) is 4.73 Å². The Morgan fingerprint density at radius 1 is 0.459 bits per heavy atom.